The monoisotopic (exact) mass is 223 g/mol. The number of hydrogen-bond donors (Lipinski definition) is 1. The summed E-state index contributed by atoms with van der Waals surface area (Å²) < 4.78 is 23.0. The molecule has 0 aromatic carbocycles. The Morgan fingerprint density at radius 3 is 2.77 bits per heavy atom. The van der Waals surface area contributed by atoms with Gasteiger partial charge in [-0.1, -0.05) is 0 Å². The van der Waals surface area contributed by atoms with Gasteiger partial charge in [0, 0.05) is 19.0 Å². The summed E-state index contributed by atoms with van der Waals surface area (Å²) in [6.07, 6.45) is 1.12. The number of alkyl halides is 1. The van der Waals surface area contributed by atoms with E-state index in [0.717, 1.165) is 6.42 Å². The molecule has 3 nitrogen and oxygen atoms in total. The fourth-order valence-corrected chi connectivity index (χ4v) is 4.79. The maximum absolute atomic E-state index is 11.5. The van der Waals surface area contributed by atoms with Crippen molar-refractivity contribution in [2.75, 3.05) is 24.7 Å². The van der Waals surface area contributed by atoms with Gasteiger partial charge < -0.3 is 5.32 Å². The molecule has 5 heteroatoms. The number of fused-ring (bicyclic) bond motifs is 1. The van der Waals surface area contributed by atoms with E-state index >= 15 is 0 Å². The second kappa shape index (κ2) is 3.41. The standard InChI is InChI=1S/C8H14ClNO2S/c9-1-2-10-4-8-7-3-6(7)5-13(8,11)12/h6-8,10H,1-5H2. The molecular weight excluding hydrogens is 210 g/mol. The van der Waals surface area contributed by atoms with Gasteiger partial charge in [0.2, 0.25) is 0 Å². The van der Waals surface area contributed by atoms with Gasteiger partial charge in [-0.05, 0) is 18.3 Å². The van der Waals surface area contributed by atoms with Gasteiger partial charge in [0.25, 0.3) is 0 Å². The molecule has 1 aliphatic carbocycles. The lowest BCUT2D eigenvalue weighted by molar-refractivity contribution is 0.564. The molecule has 0 aromatic heterocycles. The van der Waals surface area contributed by atoms with Crippen LogP contribution in [-0.2, 0) is 9.84 Å². The quantitative estimate of drug-likeness (QED) is 0.549. The van der Waals surface area contributed by atoms with Gasteiger partial charge in [0.15, 0.2) is 9.84 Å². The average Bonchev–Trinajstić information content (AvgIpc) is 2.71. The predicted octanol–water partition coefficient (Wildman–Crippen LogP) is 0.248. The summed E-state index contributed by atoms with van der Waals surface area (Å²) in [4.78, 5) is 0. The van der Waals surface area contributed by atoms with Crippen LogP contribution in [0, 0.1) is 11.8 Å². The average molecular weight is 224 g/mol. The Balaban J connectivity index is 1.90. The van der Waals surface area contributed by atoms with Crippen LogP contribution >= 0.6 is 11.6 Å². The smallest absolute Gasteiger partial charge is 0.154 e. The van der Waals surface area contributed by atoms with E-state index in [1.807, 2.05) is 0 Å². The summed E-state index contributed by atoms with van der Waals surface area (Å²) in [5.41, 5.74) is 0. The zero-order valence-corrected chi connectivity index (χ0v) is 8.94. The van der Waals surface area contributed by atoms with Crippen LogP contribution < -0.4 is 5.32 Å². The molecule has 2 aliphatic rings. The van der Waals surface area contributed by atoms with Crippen molar-refractivity contribution in [3.63, 3.8) is 0 Å². The number of nitrogens with one attached hydrogen (secondary N) is 1. The Hall–Kier alpha value is 0.200. The molecule has 0 radical (unpaired) electrons. The van der Waals surface area contributed by atoms with Gasteiger partial charge >= 0.3 is 0 Å². The SMILES string of the molecule is O=S1(=O)CC2CC2C1CNCCCl. The first-order valence-electron chi connectivity index (χ1n) is 4.63. The van der Waals surface area contributed by atoms with Crippen LogP contribution in [0.25, 0.3) is 0 Å². The van der Waals surface area contributed by atoms with E-state index in [1.165, 1.54) is 0 Å². The first kappa shape index (κ1) is 9.74. The Bertz CT molecular complexity index is 291. The fourth-order valence-electron chi connectivity index (χ4n) is 2.20. The van der Waals surface area contributed by atoms with Crippen molar-refractivity contribution in [3.05, 3.63) is 0 Å². The normalized spacial score (nSPS) is 40.2. The molecule has 2 rings (SSSR count). The van der Waals surface area contributed by atoms with Crippen LogP contribution in [0.15, 0.2) is 0 Å². The highest BCUT2D eigenvalue weighted by Crippen LogP contribution is 2.50. The van der Waals surface area contributed by atoms with Crippen molar-refractivity contribution in [3.8, 4) is 0 Å². The lowest BCUT2D eigenvalue weighted by Crippen LogP contribution is -2.34. The third-order valence-electron chi connectivity index (χ3n) is 2.98. The van der Waals surface area contributed by atoms with Crippen molar-refractivity contribution in [1.29, 1.82) is 0 Å². The summed E-state index contributed by atoms with van der Waals surface area (Å²) in [5, 5.41) is 2.95. The minimum atomic E-state index is -2.77. The van der Waals surface area contributed by atoms with Crippen LogP contribution in [-0.4, -0.2) is 38.4 Å². The molecule has 0 amide bonds. The largest absolute Gasteiger partial charge is 0.314 e. The van der Waals surface area contributed by atoms with Crippen LogP contribution in [0.5, 0.6) is 0 Å². The number of sulfone groups is 1. The topological polar surface area (TPSA) is 46.2 Å². The number of halogens is 1. The van der Waals surface area contributed by atoms with E-state index in [2.05, 4.69) is 5.32 Å². The van der Waals surface area contributed by atoms with Crippen molar-refractivity contribution in [2.45, 2.75) is 11.7 Å². The van der Waals surface area contributed by atoms with E-state index in [-0.39, 0.29) is 5.25 Å². The second-order valence-corrected chi connectivity index (χ2v) is 6.56. The van der Waals surface area contributed by atoms with Crippen molar-refractivity contribution < 1.29 is 8.42 Å². The van der Waals surface area contributed by atoms with Gasteiger partial charge in [-0.2, -0.15) is 0 Å². The molecule has 76 valence electrons. The molecule has 2 fully saturated rings. The van der Waals surface area contributed by atoms with Gasteiger partial charge in [0.1, 0.15) is 0 Å². The molecule has 3 atom stereocenters. The van der Waals surface area contributed by atoms with E-state index in [9.17, 15) is 8.42 Å². The summed E-state index contributed by atoms with van der Waals surface area (Å²) in [6, 6.07) is 0. The van der Waals surface area contributed by atoms with Crippen LogP contribution in [0.2, 0.25) is 0 Å². The fraction of sp³-hybridized carbons (Fsp3) is 1.00. The highest BCUT2D eigenvalue weighted by molar-refractivity contribution is 7.92. The zero-order chi connectivity index (χ0) is 9.47. The Kier molecular flexibility index (Phi) is 2.55. The van der Waals surface area contributed by atoms with E-state index < -0.39 is 9.84 Å². The van der Waals surface area contributed by atoms with E-state index in [4.69, 9.17) is 11.6 Å². The Morgan fingerprint density at radius 1 is 1.46 bits per heavy atom. The van der Waals surface area contributed by atoms with Crippen molar-refractivity contribution in [1.82, 2.24) is 5.32 Å². The number of rotatable bonds is 4. The molecular formula is C8H14ClNO2S. The Morgan fingerprint density at radius 2 is 2.23 bits per heavy atom. The first-order valence-corrected chi connectivity index (χ1v) is 6.88. The number of hydrogen-bond acceptors (Lipinski definition) is 3. The maximum atomic E-state index is 11.5. The lowest BCUT2D eigenvalue weighted by atomic mass is 10.2. The summed E-state index contributed by atoms with van der Waals surface area (Å²) in [5.74, 6) is 1.90. The van der Waals surface area contributed by atoms with Crippen LogP contribution in [0.1, 0.15) is 6.42 Å². The third-order valence-corrected chi connectivity index (χ3v) is 5.50. The third kappa shape index (κ3) is 1.85. The maximum Gasteiger partial charge on any atom is 0.154 e. The molecule has 0 spiro atoms. The molecule has 1 heterocycles. The van der Waals surface area contributed by atoms with Gasteiger partial charge in [0.05, 0.1) is 11.0 Å². The van der Waals surface area contributed by atoms with Crippen molar-refractivity contribution >= 4 is 21.4 Å². The van der Waals surface area contributed by atoms with Gasteiger partial charge in [-0.15, -0.1) is 11.6 Å². The van der Waals surface area contributed by atoms with Gasteiger partial charge in [-0.3, -0.25) is 0 Å². The predicted molar refractivity (Wildman–Crippen MR) is 52.8 cm³/mol. The minimum absolute atomic E-state index is 0.124. The molecule has 0 aromatic rings. The summed E-state index contributed by atoms with van der Waals surface area (Å²) in [7, 11) is -2.77. The molecule has 1 saturated heterocycles. The Labute approximate surface area is 83.8 Å². The van der Waals surface area contributed by atoms with Crippen LogP contribution in [0.3, 0.4) is 0 Å². The van der Waals surface area contributed by atoms with E-state index in [1.54, 1.807) is 0 Å². The lowest BCUT2D eigenvalue weighted by Gasteiger charge is -2.12. The van der Waals surface area contributed by atoms with Crippen LogP contribution in [0.4, 0.5) is 0 Å². The zero-order valence-electron chi connectivity index (χ0n) is 7.37. The summed E-state index contributed by atoms with van der Waals surface area (Å²) >= 11 is 5.49. The molecule has 3 unspecified atom stereocenters. The van der Waals surface area contributed by atoms with Crippen molar-refractivity contribution in [2.24, 2.45) is 11.8 Å². The molecule has 13 heavy (non-hydrogen) atoms. The molecule has 1 saturated carbocycles. The van der Waals surface area contributed by atoms with E-state index in [0.29, 0.717) is 36.6 Å². The highest BCUT2D eigenvalue weighted by atomic mass is 35.5. The second-order valence-electron chi connectivity index (χ2n) is 3.92. The molecule has 1 N–H and O–H groups in total. The first-order chi connectivity index (χ1) is 6.15. The van der Waals surface area contributed by atoms with Gasteiger partial charge in [-0.25, -0.2) is 8.42 Å². The minimum Gasteiger partial charge on any atom is -0.314 e. The summed E-state index contributed by atoms with van der Waals surface area (Å²) in [6.45, 7) is 1.29. The molecule has 0 bridgehead atoms. The molecule has 1 aliphatic heterocycles. The highest BCUT2D eigenvalue weighted by Gasteiger charge is 2.56.